The van der Waals surface area contributed by atoms with Crippen LogP contribution in [0.5, 0.6) is 0 Å². The van der Waals surface area contributed by atoms with Crippen LogP contribution in [0.15, 0.2) is 285 Å². The van der Waals surface area contributed by atoms with Crippen molar-refractivity contribution < 1.29 is 0 Å². The normalized spacial score (nSPS) is 11.2. The third-order valence-electron chi connectivity index (χ3n) is 13.4. The SMILES string of the molecule is c1ccc(-c2cc(-c3ccccc3)cc(N(c3ccc(-c4ccc(-c5ccccc5)cc4-c4ccccc4)cc3)c3ccc4c(c3)c(-c3ccccc3)c(-c3ccccc3)c3ccccc34)c2)cc1. The summed E-state index contributed by atoms with van der Waals surface area (Å²) in [6.07, 6.45) is 0. The molecule has 0 aromatic heterocycles. The Morgan fingerprint density at radius 2 is 0.565 bits per heavy atom. The predicted octanol–water partition coefficient (Wildman–Crippen LogP) is 19.1. The molecule has 0 aliphatic rings. The molecule has 0 saturated carbocycles. The first-order valence-electron chi connectivity index (χ1n) is 23.7. The van der Waals surface area contributed by atoms with E-state index < -0.39 is 0 Å². The van der Waals surface area contributed by atoms with E-state index in [1.807, 2.05) is 0 Å². The second kappa shape index (κ2) is 18.3. The fourth-order valence-corrected chi connectivity index (χ4v) is 10.2. The maximum Gasteiger partial charge on any atom is 0.0473 e. The van der Waals surface area contributed by atoms with Gasteiger partial charge in [0.2, 0.25) is 0 Å². The van der Waals surface area contributed by atoms with Crippen LogP contribution in [0.25, 0.3) is 99.4 Å². The van der Waals surface area contributed by atoms with Crippen molar-refractivity contribution in [3.8, 4) is 77.9 Å². The number of nitrogens with zero attached hydrogens (tertiary/aromatic N) is 1. The van der Waals surface area contributed by atoms with Crippen LogP contribution < -0.4 is 4.90 Å². The maximum atomic E-state index is 2.45. The van der Waals surface area contributed by atoms with E-state index in [9.17, 15) is 0 Å². The minimum Gasteiger partial charge on any atom is -0.310 e. The zero-order valence-electron chi connectivity index (χ0n) is 38.1. The van der Waals surface area contributed by atoms with E-state index in [1.165, 1.54) is 82.7 Å². The Hall–Kier alpha value is -9.04. The molecule has 69 heavy (non-hydrogen) atoms. The molecule has 0 atom stereocenters. The lowest BCUT2D eigenvalue weighted by Gasteiger charge is -2.28. The van der Waals surface area contributed by atoms with Gasteiger partial charge in [-0.3, -0.25) is 0 Å². The summed E-state index contributed by atoms with van der Waals surface area (Å²) in [7, 11) is 0. The van der Waals surface area contributed by atoms with Crippen LogP contribution in [0.3, 0.4) is 0 Å². The van der Waals surface area contributed by atoms with Crippen LogP contribution in [0.4, 0.5) is 17.1 Å². The molecule has 0 fully saturated rings. The highest BCUT2D eigenvalue weighted by Crippen LogP contribution is 2.48. The molecular formula is C68H47N. The van der Waals surface area contributed by atoms with Gasteiger partial charge in [-0.05, 0) is 148 Å². The minimum absolute atomic E-state index is 1.06. The Balaban J connectivity index is 1.10. The molecule has 0 spiro atoms. The van der Waals surface area contributed by atoms with Gasteiger partial charge in [-0.2, -0.15) is 0 Å². The van der Waals surface area contributed by atoms with E-state index >= 15 is 0 Å². The van der Waals surface area contributed by atoms with Gasteiger partial charge in [0.15, 0.2) is 0 Å². The van der Waals surface area contributed by atoms with E-state index in [1.54, 1.807) is 0 Å². The molecule has 12 aromatic carbocycles. The van der Waals surface area contributed by atoms with Gasteiger partial charge in [-0.15, -0.1) is 0 Å². The van der Waals surface area contributed by atoms with Gasteiger partial charge in [0, 0.05) is 17.1 Å². The topological polar surface area (TPSA) is 3.24 Å². The molecule has 0 radical (unpaired) electrons. The lowest BCUT2D eigenvalue weighted by atomic mass is 9.85. The van der Waals surface area contributed by atoms with Crippen molar-refractivity contribution in [1.82, 2.24) is 0 Å². The molecule has 1 nitrogen and oxygen atoms in total. The molecule has 12 aromatic rings. The molecule has 0 aliphatic carbocycles. The lowest BCUT2D eigenvalue weighted by molar-refractivity contribution is 1.29. The molecule has 12 rings (SSSR count). The van der Waals surface area contributed by atoms with Crippen molar-refractivity contribution in [2.75, 3.05) is 4.90 Å². The highest BCUT2D eigenvalue weighted by molar-refractivity contribution is 6.22. The first-order valence-corrected chi connectivity index (χ1v) is 23.7. The van der Waals surface area contributed by atoms with Gasteiger partial charge < -0.3 is 4.90 Å². The molecular weight excluding hydrogens is 831 g/mol. The Labute approximate surface area is 404 Å². The fraction of sp³-hybridized carbons (Fsp3) is 0. The van der Waals surface area contributed by atoms with Gasteiger partial charge in [0.25, 0.3) is 0 Å². The van der Waals surface area contributed by atoms with E-state index in [0.29, 0.717) is 0 Å². The van der Waals surface area contributed by atoms with Crippen LogP contribution in [0, 0.1) is 0 Å². The summed E-state index contributed by atoms with van der Waals surface area (Å²) >= 11 is 0. The summed E-state index contributed by atoms with van der Waals surface area (Å²) in [6.45, 7) is 0. The van der Waals surface area contributed by atoms with E-state index in [0.717, 1.165) is 33.8 Å². The predicted molar refractivity (Wildman–Crippen MR) is 294 cm³/mol. The van der Waals surface area contributed by atoms with Gasteiger partial charge in [0.1, 0.15) is 0 Å². The van der Waals surface area contributed by atoms with Crippen molar-refractivity contribution in [3.05, 3.63) is 285 Å². The molecule has 1 heteroatoms. The highest BCUT2D eigenvalue weighted by Gasteiger charge is 2.22. The summed E-state index contributed by atoms with van der Waals surface area (Å²) in [4.78, 5) is 2.45. The second-order valence-electron chi connectivity index (χ2n) is 17.6. The Kier molecular flexibility index (Phi) is 11.0. The first-order chi connectivity index (χ1) is 34.2. The van der Waals surface area contributed by atoms with Crippen molar-refractivity contribution in [2.45, 2.75) is 0 Å². The summed E-state index contributed by atoms with van der Waals surface area (Å²) in [5.41, 5.74) is 19.8. The van der Waals surface area contributed by atoms with Crippen LogP contribution in [-0.2, 0) is 0 Å². The van der Waals surface area contributed by atoms with Crippen molar-refractivity contribution in [2.24, 2.45) is 0 Å². The summed E-state index contributed by atoms with van der Waals surface area (Å²) in [5, 5.41) is 4.90. The maximum absolute atomic E-state index is 2.45. The third kappa shape index (κ3) is 8.07. The average Bonchev–Trinajstić information content (AvgIpc) is 3.44. The molecule has 0 heterocycles. The molecule has 0 amide bonds. The van der Waals surface area contributed by atoms with Crippen LogP contribution in [0.2, 0.25) is 0 Å². The number of benzene rings is 12. The number of hydrogen-bond donors (Lipinski definition) is 0. The highest BCUT2D eigenvalue weighted by atomic mass is 15.1. The third-order valence-corrected chi connectivity index (χ3v) is 13.4. The zero-order chi connectivity index (χ0) is 45.9. The number of anilines is 3. The second-order valence-corrected chi connectivity index (χ2v) is 17.6. The summed E-state index contributed by atoms with van der Waals surface area (Å²) in [5.74, 6) is 0. The first kappa shape index (κ1) is 41.4. The van der Waals surface area contributed by atoms with Crippen LogP contribution in [-0.4, -0.2) is 0 Å². The van der Waals surface area contributed by atoms with Crippen molar-refractivity contribution in [3.63, 3.8) is 0 Å². The number of fused-ring (bicyclic) bond motifs is 3. The van der Waals surface area contributed by atoms with Gasteiger partial charge >= 0.3 is 0 Å². The number of hydrogen-bond acceptors (Lipinski definition) is 1. The smallest absolute Gasteiger partial charge is 0.0473 e. The summed E-state index contributed by atoms with van der Waals surface area (Å²) < 4.78 is 0. The summed E-state index contributed by atoms with van der Waals surface area (Å²) in [6, 6.07) is 104. The number of rotatable bonds is 10. The molecule has 0 aliphatic heterocycles. The minimum atomic E-state index is 1.06. The fourth-order valence-electron chi connectivity index (χ4n) is 10.2. The lowest BCUT2D eigenvalue weighted by Crippen LogP contribution is -2.10. The monoisotopic (exact) mass is 877 g/mol. The zero-order valence-corrected chi connectivity index (χ0v) is 38.1. The van der Waals surface area contributed by atoms with Gasteiger partial charge in [-0.25, -0.2) is 0 Å². The van der Waals surface area contributed by atoms with Crippen LogP contribution >= 0.6 is 0 Å². The average molecular weight is 878 g/mol. The quantitative estimate of drug-likeness (QED) is 0.124. The van der Waals surface area contributed by atoms with Crippen molar-refractivity contribution in [1.29, 1.82) is 0 Å². The van der Waals surface area contributed by atoms with Crippen LogP contribution in [0.1, 0.15) is 0 Å². The largest absolute Gasteiger partial charge is 0.310 e. The molecule has 0 unspecified atom stereocenters. The molecule has 324 valence electrons. The van der Waals surface area contributed by atoms with Gasteiger partial charge in [-0.1, -0.05) is 237 Å². The van der Waals surface area contributed by atoms with Crippen molar-refractivity contribution >= 4 is 38.6 Å². The molecule has 0 N–H and O–H groups in total. The van der Waals surface area contributed by atoms with Gasteiger partial charge in [0.05, 0.1) is 0 Å². The van der Waals surface area contributed by atoms with E-state index in [4.69, 9.17) is 0 Å². The Morgan fingerprint density at radius 3 is 1.10 bits per heavy atom. The van der Waals surface area contributed by atoms with E-state index in [2.05, 4.69) is 290 Å². The Morgan fingerprint density at radius 1 is 0.174 bits per heavy atom. The molecule has 0 saturated heterocycles. The van der Waals surface area contributed by atoms with E-state index in [-0.39, 0.29) is 0 Å². The standard InChI is InChI=1S/C68H47N/c1-7-21-48(22-8-1)55-37-41-61(65(46-55)51-27-13-4-14-28-51)52-35-38-58(39-36-52)69(60-44-56(49-23-9-2-10-24-49)43-57(45-60)50-25-11-3-12-26-50)59-40-42-63-62-33-19-20-34-64(62)67(53-29-15-5-16-30-53)68(66(63)47-59)54-31-17-6-18-32-54/h1-47H. The molecule has 0 bridgehead atoms. The Bertz CT molecular complexity index is 3660.